The molecule has 0 bridgehead atoms. The number of nitrogens with zero attached hydrogens (tertiary/aromatic N) is 4. The van der Waals surface area contributed by atoms with Crippen molar-refractivity contribution < 1.29 is 4.52 Å². The summed E-state index contributed by atoms with van der Waals surface area (Å²) in [6, 6.07) is 9.69. The molecule has 0 radical (unpaired) electrons. The first-order chi connectivity index (χ1) is 12.2. The van der Waals surface area contributed by atoms with Gasteiger partial charge in [0.2, 0.25) is 5.95 Å². The highest BCUT2D eigenvalue weighted by molar-refractivity contribution is 5.53. The summed E-state index contributed by atoms with van der Waals surface area (Å²) in [4.78, 5) is 12.8. The van der Waals surface area contributed by atoms with E-state index in [2.05, 4.69) is 25.4 Å². The maximum atomic E-state index is 5.85. The maximum Gasteiger partial charge on any atom is 0.222 e. The van der Waals surface area contributed by atoms with E-state index in [9.17, 15) is 0 Å². The minimum absolute atomic E-state index is 0.257. The molecule has 128 valence electrons. The second-order valence-electron chi connectivity index (χ2n) is 6.21. The molecule has 25 heavy (non-hydrogen) atoms. The lowest BCUT2D eigenvalue weighted by Crippen LogP contribution is -2.35. The van der Waals surface area contributed by atoms with Crippen LogP contribution < -0.4 is 16.8 Å². The molecule has 4 rings (SSSR count). The summed E-state index contributed by atoms with van der Waals surface area (Å²) < 4.78 is 5.35. The van der Waals surface area contributed by atoms with Crippen LogP contribution >= 0.6 is 0 Å². The lowest BCUT2D eigenvalue weighted by Gasteiger charge is -2.32. The Morgan fingerprint density at radius 2 is 2.04 bits per heavy atom. The highest BCUT2D eigenvalue weighted by atomic mass is 16.5. The summed E-state index contributed by atoms with van der Waals surface area (Å²) in [7, 11) is 0. The summed E-state index contributed by atoms with van der Waals surface area (Å²) in [6.07, 6.45) is 3.59. The van der Waals surface area contributed by atoms with Crippen LogP contribution in [0.5, 0.6) is 0 Å². The fourth-order valence-electron chi connectivity index (χ4n) is 2.90. The van der Waals surface area contributed by atoms with Gasteiger partial charge in [0.1, 0.15) is 11.5 Å². The van der Waals surface area contributed by atoms with E-state index in [0.717, 1.165) is 24.2 Å². The van der Waals surface area contributed by atoms with Crippen molar-refractivity contribution in [2.24, 2.45) is 5.73 Å². The number of anilines is 2. The van der Waals surface area contributed by atoms with Gasteiger partial charge >= 0.3 is 0 Å². The van der Waals surface area contributed by atoms with Crippen LogP contribution in [0.2, 0.25) is 0 Å². The van der Waals surface area contributed by atoms with E-state index in [1.54, 1.807) is 6.20 Å². The van der Waals surface area contributed by atoms with Gasteiger partial charge in [-0.15, -0.1) is 0 Å². The molecule has 0 atom stereocenters. The molecule has 1 aliphatic carbocycles. The lowest BCUT2D eigenvalue weighted by molar-refractivity contribution is 0.345. The second kappa shape index (κ2) is 6.48. The zero-order chi connectivity index (χ0) is 17.2. The van der Waals surface area contributed by atoms with Crippen LogP contribution in [-0.2, 0) is 6.54 Å². The first kappa shape index (κ1) is 15.5. The van der Waals surface area contributed by atoms with Crippen LogP contribution in [0.3, 0.4) is 0 Å². The van der Waals surface area contributed by atoms with Crippen molar-refractivity contribution in [1.29, 1.82) is 0 Å². The maximum absolute atomic E-state index is 5.85. The molecule has 3 heterocycles. The standard InChI is InChI=1S/C17H19N7O/c18-11-5-10(6-11)14-8-16(23-17(19)22-14)21-9-12-7-15(24-25-12)13-3-1-2-4-20-13/h1-4,7-8,10-11H,5-6,9,18H2,(H3,19,21,22,23). The Kier molecular flexibility index (Phi) is 4.02. The van der Waals surface area contributed by atoms with Crippen molar-refractivity contribution in [3.63, 3.8) is 0 Å². The number of nitrogen functional groups attached to an aromatic ring is 1. The van der Waals surface area contributed by atoms with Gasteiger partial charge in [0, 0.05) is 30.3 Å². The molecule has 0 aliphatic heterocycles. The number of aromatic nitrogens is 4. The molecule has 0 saturated heterocycles. The van der Waals surface area contributed by atoms with Crippen LogP contribution in [0.1, 0.15) is 30.2 Å². The van der Waals surface area contributed by atoms with Gasteiger partial charge in [-0.3, -0.25) is 4.98 Å². The highest BCUT2D eigenvalue weighted by Gasteiger charge is 2.29. The van der Waals surface area contributed by atoms with Gasteiger partial charge in [0.05, 0.1) is 17.9 Å². The number of nitrogens with one attached hydrogen (secondary N) is 1. The minimum Gasteiger partial charge on any atom is -0.368 e. The normalized spacial score (nSPS) is 19.4. The number of hydrogen-bond acceptors (Lipinski definition) is 8. The van der Waals surface area contributed by atoms with E-state index in [4.69, 9.17) is 16.0 Å². The monoisotopic (exact) mass is 337 g/mol. The third kappa shape index (κ3) is 3.43. The molecule has 0 spiro atoms. The number of pyridine rings is 1. The smallest absolute Gasteiger partial charge is 0.222 e. The van der Waals surface area contributed by atoms with Gasteiger partial charge in [0.25, 0.3) is 0 Å². The van der Waals surface area contributed by atoms with Gasteiger partial charge in [-0.1, -0.05) is 11.2 Å². The van der Waals surface area contributed by atoms with Crippen LogP contribution in [0.25, 0.3) is 11.4 Å². The topological polar surface area (TPSA) is 129 Å². The summed E-state index contributed by atoms with van der Waals surface area (Å²) in [5.74, 6) is 1.97. The van der Waals surface area contributed by atoms with Crippen molar-refractivity contribution in [2.75, 3.05) is 11.1 Å². The van der Waals surface area contributed by atoms with Crippen LogP contribution in [0.15, 0.2) is 41.1 Å². The van der Waals surface area contributed by atoms with Gasteiger partial charge in [-0.2, -0.15) is 4.98 Å². The molecular weight excluding hydrogens is 318 g/mol. The molecule has 5 N–H and O–H groups in total. The third-order valence-electron chi connectivity index (χ3n) is 4.29. The Labute approximate surface area is 144 Å². The number of rotatable bonds is 5. The Morgan fingerprint density at radius 3 is 2.80 bits per heavy atom. The molecule has 0 aromatic carbocycles. The molecule has 1 saturated carbocycles. The Balaban J connectivity index is 1.44. The summed E-state index contributed by atoms with van der Waals surface area (Å²) in [5.41, 5.74) is 14.1. The van der Waals surface area contributed by atoms with Gasteiger partial charge in [-0.05, 0) is 25.0 Å². The molecule has 1 aliphatic rings. The van der Waals surface area contributed by atoms with Crippen LogP contribution in [0, 0.1) is 0 Å². The summed E-state index contributed by atoms with van der Waals surface area (Å²) in [5, 5.41) is 7.25. The van der Waals surface area contributed by atoms with E-state index in [1.165, 1.54) is 0 Å². The largest absolute Gasteiger partial charge is 0.368 e. The highest BCUT2D eigenvalue weighted by Crippen LogP contribution is 2.35. The van der Waals surface area contributed by atoms with Crippen molar-refractivity contribution >= 4 is 11.8 Å². The van der Waals surface area contributed by atoms with Gasteiger partial charge in [0.15, 0.2) is 5.76 Å². The second-order valence-corrected chi connectivity index (χ2v) is 6.21. The third-order valence-corrected chi connectivity index (χ3v) is 4.29. The zero-order valence-electron chi connectivity index (χ0n) is 13.6. The van der Waals surface area contributed by atoms with E-state index in [0.29, 0.717) is 29.7 Å². The van der Waals surface area contributed by atoms with E-state index >= 15 is 0 Å². The predicted molar refractivity (Wildman–Crippen MR) is 93.5 cm³/mol. The quantitative estimate of drug-likeness (QED) is 0.644. The fourth-order valence-corrected chi connectivity index (χ4v) is 2.90. The van der Waals surface area contributed by atoms with Crippen molar-refractivity contribution in [1.82, 2.24) is 20.1 Å². The zero-order valence-corrected chi connectivity index (χ0v) is 13.6. The van der Waals surface area contributed by atoms with E-state index in [1.807, 2.05) is 30.3 Å². The van der Waals surface area contributed by atoms with Crippen molar-refractivity contribution in [2.45, 2.75) is 31.3 Å². The Hall–Kier alpha value is -3.00. The number of hydrogen-bond donors (Lipinski definition) is 3. The molecule has 0 amide bonds. The average Bonchev–Trinajstić information content (AvgIpc) is 3.06. The lowest BCUT2D eigenvalue weighted by atomic mass is 9.78. The van der Waals surface area contributed by atoms with Gasteiger partial charge < -0.3 is 21.3 Å². The fraction of sp³-hybridized carbons (Fsp3) is 0.294. The van der Waals surface area contributed by atoms with Crippen LogP contribution in [-0.4, -0.2) is 26.2 Å². The minimum atomic E-state index is 0.257. The summed E-state index contributed by atoms with van der Waals surface area (Å²) >= 11 is 0. The number of nitrogens with two attached hydrogens (primary N) is 2. The molecule has 3 aromatic rings. The Bertz CT molecular complexity index is 858. The van der Waals surface area contributed by atoms with Crippen LogP contribution in [0.4, 0.5) is 11.8 Å². The van der Waals surface area contributed by atoms with E-state index < -0.39 is 0 Å². The molecule has 3 aromatic heterocycles. The molecule has 8 heteroatoms. The summed E-state index contributed by atoms with van der Waals surface area (Å²) in [6.45, 7) is 0.444. The first-order valence-corrected chi connectivity index (χ1v) is 8.18. The molecule has 0 unspecified atom stereocenters. The molecule has 8 nitrogen and oxygen atoms in total. The molecule has 1 fully saturated rings. The molecular formula is C17H19N7O. The predicted octanol–water partition coefficient (Wildman–Crippen LogP) is 1.93. The van der Waals surface area contributed by atoms with Crippen molar-refractivity contribution in [3.05, 3.63) is 48.0 Å². The average molecular weight is 337 g/mol. The van der Waals surface area contributed by atoms with Crippen molar-refractivity contribution in [3.8, 4) is 11.4 Å². The van der Waals surface area contributed by atoms with E-state index in [-0.39, 0.29) is 12.0 Å². The van der Waals surface area contributed by atoms with Gasteiger partial charge in [-0.25, -0.2) is 4.98 Å². The SMILES string of the molecule is Nc1nc(NCc2cc(-c3ccccn3)no2)cc(C2CC(N)C2)n1. The first-order valence-electron chi connectivity index (χ1n) is 8.18. The Morgan fingerprint density at radius 1 is 1.16 bits per heavy atom.